The van der Waals surface area contributed by atoms with E-state index in [0.717, 1.165) is 25.2 Å². The number of hydrogen-bond donors (Lipinski definition) is 0. The summed E-state index contributed by atoms with van der Waals surface area (Å²) in [4.78, 5) is 17.1. The molecule has 25 heavy (non-hydrogen) atoms. The van der Waals surface area contributed by atoms with Crippen LogP contribution in [0.3, 0.4) is 0 Å². The first kappa shape index (κ1) is 19.2. The molecular weight excluding hydrogens is 314 g/mol. The summed E-state index contributed by atoms with van der Waals surface area (Å²) in [5.41, 5.74) is 1.64. The number of amides is 1. The summed E-state index contributed by atoms with van der Waals surface area (Å²) in [7, 11) is 0. The largest absolute Gasteiger partial charge is 0.350 e. The third kappa shape index (κ3) is 5.43. The van der Waals surface area contributed by atoms with Gasteiger partial charge in [0.15, 0.2) is 0 Å². The van der Waals surface area contributed by atoms with Crippen LogP contribution < -0.4 is 0 Å². The molecule has 0 radical (unpaired) electrons. The fourth-order valence-corrected chi connectivity index (χ4v) is 2.80. The number of likely N-dealkylation sites (N-methyl/N-ethyl adjacent to an activating group) is 1. The molecule has 0 fully saturated rings. The van der Waals surface area contributed by atoms with Gasteiger partial charge in [-0.15, -0.1) is 0 Å². The molecule has 1 aromatic carbocycles. The monoisotopic (exact) mass is 343 g/mol. The molecule has 1 amide bonds. The van der Waals surface area contributed by atoms with Gasteiger partial charge in [0.25, 0.3) is 5.91 Å². The van der Waals surface area contributed by atoms with Crippen molar-refractivity contribution >= 4 is 5.91 Å². The van der Waals surface area contributed by atoms with E-state index in [9.17, 15) is 4.79 Å². The van der Waals surface area contributed by atoms with Gasteiger partial charge in [0.05, 0.1) is 0 Å². The lowest BCUT2D eigenvalue weighted by atomic mass is 10.1. The zero-order valence-corrected chi connectivity index (χ0v) is 15.7. The van der Waals surface area contributed by atoms with Crippen LogP contribution in [0.25, 0.3) is 11.3 Å². The molecule has 0 bridgehead atoms. The molecule has 0 aliphatic rings. The Morgan fingerprint density at radius 1 is 1.12 bits per heavy atom. The molecule has 0 aliphatic heterocycles. The first-order valence-electron chi connectivity index (χ1n) is 9.08. The van der Waals surface area contributed by atoms with Crippen molar-refractivity contribution in [3.63, 3.8) is 0 Å². The van der Waals surface area contributed by atoms with Gasteiger partial charge in [0, 0.05) is 31.3 Å². The second-order valence-electron chi connectivity index (χ2n) is 6.61. The molecule has 5 heteroatoms. The van der Waals surface area contributed by atoms with Gasteiger partial charge in [-0.3, -0.25) is 4.79 Å². The fourth-order valence-electron chi connectivity index (χ4n) is 2.80. The van der Waals surface area contributed by atoms with Gasteiger partial charge < -0.3 is 14.3 Å². The molecule has 2 rings (SSSR count). The minimum atomic E-state index is -0.0875. The van der Waals surface area contributed by atoms with E-state index in [1.165, 1.54) is 0 Å². The van der Waals surface area contributed by atoms with Crippen LogP contribution in [-0.2, 0) is 0 Å². The van der Waals surface area contributed by atoms with Crippen LogP contribution in [0.4, 0.5) is 0 Å². The van der Waals surface area contributed by atoms with Crippen LogP contribution in [0.1, 0.15) is 38.2 Å². The van der Waals surface area contributed by atoms with Crippen molar-refractivity contribution in [2.24, 2.45) is 5.92 Å². The Labute approximate surface area is 150 Å². The Kier molecular flexibility index (Phi) is 7.19. The number of aromatic nitrogens is 1. The third-order valence-electron chi connectivity index (χ3n) is 4.24. The van der Waals surface area contributed by atoms with Gasteiger partial charge in [-0.25, -0.2) is 0 Å². The molecule has 0 saturated carbocycles. The number of carbonyl (C=O) groups is 1. The average molecular weight is 343 g/mol. The van der Waals surface area contributed by atoms with Crippen LogP contribution in [0, 0.1) is 5.92 Å². The second-order valence-corrected chi connectivity index (χ2v) is 6.61. The lowest BCUT2D eigenvalue weighted by Gasteiger charge is -2.27. The predicted molar refractivity (Wildman–Crippen MR) is 100 cm³/mol. The standard InChI is InChI=1S/C20H29N3O2/c1-5-22(6-2)12-13-23(15-16(3)4)20(24)19-14-18(21-25-19)17-10-8-7-9-11-17/h7-11,14,16H,5-6,12-13,15H2,1-4H3. The van der Waals surface area contributed by atoms with Crippen molar-refractivity contribution < 1.29 is 9.32 Å². The minimum absolute atomic E-state index is 0.0875. The zero-order valence-electron chi connectivity index (χ0n) is 15.7. The second kappa shape index (κ2) is 9.37. The number of benzene rings is 1. The summed E-state index contributed by atoms with van der Waals surface area (Å²) in [6.07, 6.45) is 0. The van der Waals surface area contributed by atoms with Crippen LogP contribution in [0.5, 0.6) is 0 Å². The summed E-state index contributed by atoms with van der Waals surface area (Å²) < 4.78 is 5.35. The van der Waals surface area contributed by atoms with Crippen LogP contribution >= 0.6 is 0 Å². The van der Waals surface area contributed by atoms with E-state index < -0.39 is 0 Å². The lowest BCUT2D eigenvalue weighted by molar-refractivity contribution is 0.0675. The fraction of sp³-hybridized carbons (Fsp3) is 0.500. The summed E-state index contributed by atoms with van der Waals surface area (Å²) in [5.74, 6) is 0.617. The molecule has 0 atom stereocenters. The molecule has 136 valence electrons. The van der Waals surface area contributed by atoms with Crippen molar-refractivity contribution in [2.75, 3.05) is 32.7 Å². The van der Waals surface area contributed by atoms with Gasteiger partial charge in [0.2, 0.25) is 5.76 Å². The topological polar surface area (TPSA) is 49.6 Å². The number of carbonyl (C=O) groups excluding carboxylic acids is 1. The predicted octanol–water partition coefficient (Wildman–Crippen LogP) is 3.78. The quantitative estimate of drug-likeness (QED) is 0.695. The summed E-state index contributed by atoms with van der Waals surface area (Å²) in [5, 5.41) is 4.06. The van der Waals surface area contributed by atoms with E-state index >= 15 is 0 Å². The molecule has 0 unspecified atom stereocenters. The van der Waals surface area contributed by atoms with Crippen LogP contribution in [0.2, 0.25) is 0 Å². The lowest BCUT2D eigenvalue weighted by Crippen LogP contribution is -2.40. The van der Waals surface area contributed by atoms with Gasteiger partial charge in [-0.2, -0.15) is 0 Å². The van der Waals surface area contributed by atoms with Gasteiger partial charge in [0.1, 0.15) is 5.69 Å². The average Bonchev–Trinajstić information content (AvgIpc) is 3.11. The maximum absolute atomic E-state index is 12.9. The van der Waals surface area contributed by atoms with E-state index in [4.69, 9.17) is 4.52 Å². The van der Waals surface area contributed by atoms with Crippen molar-refractivity contribution in [3.8, 4) is 11.3 Å². The van der Waals surface area contributed by atoms with Crippen molar-refractivity contribution in [1.29, 1.82) is 0 Å². The Balaban J connectivity index is 2.11. The van der Waals surface area contributed by atoms with E-state index in [0.29, 0.717) is 30.5 Å². The molecule has 1 heterocycles. The minimum Gasteiger partial charge on any atom is -0.350 e. The Hall–Kier alpha value is -2.14. The maximum Gasteiger partial charge on any atom is 0.292 e. The highest BCUT2D eigenvalue weighted by molar-refractivity contribution is 5.92. The van der Waals surface area contributed by atoms with Crippen LogP contribution in [0.15, 0.2) is 40.9 Å². The Morgan fingerprint density at radius 3 is 2.40 bits per heavy atom. The highest BCUT2D eigenvalue weighted by Gasteiger charge is 2.22. The smallest absolute Gasteiger partial charge is 0.292 e. The molecule has 0 N–H and O–H groups in total. The Morgan fingerprint density at radius 2 is 1.80 bits per heavy atom. The maximum atomic E-state index is 12.9. The first-order valence-corrected chi connectivity index (χ1v) is 9.08. The summed E-state index contributed by atoms with van der Waals surface area (Å²) in [6.45, 7) is 12.8. The zero-order chi connectivity index (χ0) is 18.2. The molecule has 0 spiro atoms. The number of hydrogen-bond acceptors (Lipinski definition) is 4. The van der Waals surface area contributed by atoms with Gasteiger partial charge in [-0.05, 0) is 19.0 Å². The van der Waals surface area contributed by atoms with E-state index in [1.807, 2.05) is 35.2 Å². The van der Waals surface area contributed by atoms with Gasteiger partial charge >= 0.3 is 0 Å². The third-order valence-corrected chi connectivity index (χ3v) is 4.24. The van der Waals surface area contributed by atoms with E-state index in [-0.39, 0.29) is 5.91 Å². The van der Waals surface area contributed by atoms with Crippen LogP contribution in [-0.4, -0.2) is 53.6 Å². The summed E-state index contributed by atoms with van der Waals surface area (Å²) >= 11 is 0. The molecule has 1 aromatic heterocycles. The Bertz CT molecular complexity index is 648. The molecule has 0 saturated heterocycles. The van der Waals surface area contributed by atoms with Gasteiger partial charge in [-0.1, -0.05) is 63.2 Å². The van der Waals surface area contributed by atoms with E-state index in [2.05, 4.69) is 37.8 Å². The normalized spacial score (nSPS) is 11.3. The number of rotatable bonds is 9. The van der Waals surface area contributed by atoms with Crippen molar-refractivity contribution in [2.45, 2.75) is 27.7 Å². The van der Waals surface area contributed by atoms with E-state index in [1.54, 1.807) is 6.07 Å². The molecular formula is C20H29N3O2. The van der Waals surface area contributed by atoms with Crippen molar-refractivity contribution in [3.05, 3.63) is 42.2 Å². The molecule has 2 aromatic rings. The highest BCUT2D eigenvalue weighted by Crippen LogP contribution is 2.19. The summed E-state index contributed by atoms with van der Waals surface area (Å²) in [6, 6.07) is 11.5. The SMILES string of the molecule is CCN(CC)CCN(CC(C)C)C(=O)c1cc(-c2ccccc2)no1. The number of nitrogens with zero attached hydrogens (tertiary/aromatic N) is 3. The highest BCUT2D eigenvalue weighted by atomic mass is 16.5. The molecule has 5 nitrogen and oxygen atoms in total. The molecule has 0 aliphatic carbocycles. The van der Waals surface area contributed by atoms with Crippen molar-refractivity contribution in [1.82, 2.24) is 15.0 Å². The first-order chi connectivity index (χ1) is 12.0.